The molecule has 1 amide bonds. The van der Waals surface area contributed by atoms with Crippen LogP contribution in [0.1, 0.15) is 91.4 Å². The number of hydrogen-bond acceptors (Lipinski definition) is 6. The minimum absolute atomic E-state index is 0.0704. The molecule has 8 nitrogen and oxygen atoms in total. The van der Waals surface area contributed by atoms with Crippen LogP contribution in [0, 0.1) is 28.6 Å². The Labute approximate surface area is 213 Å². The summed E-state index contributed by atoms with van der Waals surface area (Å²) in [6.07, 6.45) is 10.8. The van der Waals surface area contributed by atoms with E-state index in [0.29, 0.717) is 43.6 Å². The number of carbonyl (C=O) groups is 3. The van der Waals surface area contributed by atoms with E-state index in [1.807, 2.05) is 0 Å². The Balaban J connectivity index is 1.34. The Kier molecular flexibility index (Phi) is 7.65. The van der Waals surface area contributed by atoms with Crippen molar-refractivity contribution < 1.29 is 29.4 Å². The molecule has 200 valence electrons. The Morgan fingerprint density at radius 2 is 1.83 bits per heavy atom. The Morgan fingerprint density at radius 1 is 1.08 bits per heavy atom. The van der Waals surface area contributed by atoms with Crippen LogP contribution in [0.5, 0.6) is 0 Å². The average Bonchev–Trinajstić information content (AvgIpc) is 3.11. The maximum absolute atomic E-state index is 12.4. The number of oxime groups is 1. The molecule has 4 aliphatic rings. The molecule has 0 aliphatic heterocycles. The van der Waals surface area contributed by atoms with Gasteiger partial charge in [-0.1, -0.05) is 24.6 Å². The molecule has 0 unspecified atom stereocenters. The van der Waals surface area contributed by atoms with Crippen molar-refractivity contribution in [3.8, 4) is 0 Å². The first-order valence-electron chi connectivity index (χ1n) is 13.6. The summed E-state index contributed by atoms with van der Waals surface area (Å²) < 4.78 is 0. The molecule has 8 heteroatoms. The van der Waals surface area contributed by atoms with Crippen LogP contribution < -0.4 is 5.32 Å². The summed E-state index contributed by atoms with van der Waals surface area (Å²) in [5, 5.41) is 26.9. The maximum atomic E-state index is 12.4. The topological polar surface area (TPSA) is 125 Å². The third-order valence-corrected chi connectivity index (χ3v) is 10.2. The molecular formula is C28H42N2O6. The van der Waals surface area contributed by atoms with Crippen LogP contribution in [0.2, 0.25) is 0 Å². The van der Waals surface area contributed by atoms with E-state index in [2.05, 4.69) is 30.4 Å². The van der Waals surface area contributed by atoms with Crippen LogP contribution in [0.3, 0.4) is 0 Å². The van der Waals surface area contributed by atoms with Crippen LogP contribution in [-0.2, 0) is 19.2 Å². The molecule has 0 aromatic rings. The lowest BCUT2D eigenvalue weighted by Gasteiger charge is -2.59. The lowest BCUT2D eigenvalue weighted by molar-refractivity contribution is -0.159. The van der Waals surface area contributed by atoms with Crippen LogP contribution in [0.4, 0.5) is 0 Å². The standard InChI is InChI=1S/C28H42N2O6/c1-18(31)28(35)14-11-23-21-8-7-19-16-20(9-12-26(19,2)22(21)10-13-27(23,28)3)30-36-17-24(32)29-15-5-4-6-25(33)34/h16,21-23,35H,4-15,17H2,1-3H3,(H,29,32)(H,33,34)/b30-20-/t21-,22+,23+,26+,27+,28+/m1/s1. The molecule has 0 saturated heterocycles. The fraction of sp³-hybridized carbons (Fsp3) is 0.786. The molecule has 3 fully saturated rings. The number of fused-ring (bicyclic) bond motifs is 5. The Morgan fingerprint density at radius 3 is 2.56 bits per heavy atom. The van der Waals surface area contributed by atoms with Gasteiger partial charge in [0, 0.05) is 18.4 Å². The predicted molar refractivity (Wildman–Crippen MR) is 135 cm³/mol. The van der Waals surface area contributed by atoms with Gasteiger partial charge < -0.3 is 20.4 Å². The maximum Gasteiger partial charge on any atom is 0.303 e. The quantitative estimate of drug-likeness (QED) is 0.323. The number of carboxylic acid groups (broad SMARTS) is 1. The van der Waals surface area contributed by atoms with Crippen LogP contribution in [0.15, 0.2) is 16.8 Å². The lowest BCUT2D eigenvalue weighted by atomic mass is 9.46. The minimum Gasteiger partial charge on any atom is -0.481 e. The van der Waals surface area contributed by atoms with Crippen molar-refractivity contribution in [3.05, 3.63) is 11.6 Å². The van der Waals surface area contributed by atoms with Gasteiger partial charge in [-0.25, -0.2) is 0 Å². The van der Waals surface area contributed by atoms with Gasteiger partial charge in [0.25, 0.3) is 5.91 Å². The van der Waals surface area contributed by atoms with E-state index in [-0.39, 0.29) is 35.5 Å². The first-order valence-corrected chi connectivity index (χ1v) is 13.6. The number of aliphatic hydroxyl groups is 1. The molecule has 3 saturated carbocycles. The highest BCUT2D eigenvalue weighted by atomic mass is 16.6. The summed E-state index contributed by atoms with van der Waals surface area (Å²) in [6.45, 7) is 6.39. The highest BCUT2D eigenvalue weighted by molar-refractivity contribution is 5.96. The number of unbranched alkanes of at least 4 members (excludes halogenated alkanes) is 1. The van der Waals surface area contributed by atoms with Crippen molar-refractivity contribution in [1.29, 1.82) is 0 Å². The zero-order chi connectivity index (χ0) is 26.1. The van der Waals surface area contributed by atoms with Crippen molar-refractivity contribution in [2.24, 2.45) is 33.7 Å². The molecule has 0 spiro atoms. The molecular weight excluding hydrogens is 460 g/mol. The van der Waals surface area contributed by atoms with Gasteiger partial charge in [0.15, 0.2) is 12.4 Å². The molecule has 0 bridgehead atoms. The molecule has 0 aromatic heterocycles. The number of ketones is 1. The monoisotopic (exact) mass is 502 g/mol. The predicted octanol–water partition coefficient (Wildman–Crippen LogP) is 4.01. The number of rotatable bonds is 9. The van der Waals surface area contributed by atoms with E-state index in [9.17, 15) is 19.5 Å². The zero-order valence-electron chi connectivity index (χ0n) is 22.0. The molecule has 0 heterocycles. The smallest absolute Gasteiger partial charge is 0.303 e. The second kappa shape index (κ2) is 10.3. The third kappa shape index (κ3) is 4.73. The summed E-state index contributed by atoms with van der Waals surface area (Å²) in [4.78, 5) is 40.2. The number of amides is 1. The summed E-state index contributed by atoms with van der Waals surface area (Å²) in [5.74, 6) is 0.333. The Hall–Kier alpha value is -2.22. The second-order valence-corrected chi connectivity index (χ2v) is 12.0. The fourth-order valence-corrected chi connectivity index (χ4v) is 8.09. The third-order valence-electron chi connectivity index (χ3n) is 10.2. The SMILES string of the molecule is CC(=O)[C@@]1(O)CC[C@H]2[C@@H]3CCC4=C/C(=N\OCC(=O)NCCCCC(=O)O)CC[C@]4(C)[C@H]3CC[C@@]21C. The zero-order valence-corrected chi connectivity index (χ0v) is 22.0. The average molecular weight is 503 g/mol. The number of hydrogen-bond donors (Lipinski definition) is 3. The molecule has 6 atom stereocenters. The highest BCUT2D eigenvalue weighted by Gasteiger charge is 2.65. The number of carboxylic acids is 1. The van der Waals surface area contributed by atoms with E-state index in [0.717, 1.165) is 50.7 Å². The van der Waals surface area contributed by atoms with E-state index in [1.165, 1.54) is 5.57 Å². The van der Waals surface area contributed by atoms with Crippen molar-refractivity contribution in [1.82, 2.24) is 5.32 Å². The minimum atomic E-state index is -1.17. The van der Waals surface area contributed by atoms with Crippen LogP contribution in [0.25, 0.3) is 0 Å². The van der Waals surface area contributed by atoms with Gasteiger partial charge in [-0.05, 0) is 100 Å². The Bertz CT molecular complexity index is 960. The molecule has 4 rings (SSSR count). The summed E-state index contributed by atoms with van der Waals surface area (Å²) >= 11 is 0. The molecule has 36 heavy (non-hydrogen) atoms. The lowest BCUT2D eigenvalue weighted by Crippen LogP contribution is -2.57. The summed E-state index contributed by atoms with van der Waals surface area (Å²) in [6, 6.07) is 0. The van der Waals surface area contributed by atoms with E-state index in [4.69, 9.17) is 9.94 Å². The van der Waals surface area contributed by atoms with Crippen molar-refractivity contribution in [2.75, 3.05) is 13.2 Å². The molecule has 0 radical (unpaired) electrons. The molecule has 0 aromatic carbocycles. The first-order chi connectivity index (χ1) is 17.0. The van der Waals surface area contributed by atoms with Gasteiger partial charge in [-0.15, -0.1) is 0 Å². The van der Waals surface area contributed by atoms with E-state index < -0.39 is 11.6 Å². The second-order valence-electron chi connectivity index (χ2n) is 12.0. The number of nitrogens with zero attached hydrogens (tertiary/aromatic N) is 1. The fourth-order valence-electron chi connectivity index (χ4n) is 8.09. The number of allylic oxidation sites excluding steroid dienone is 2. The van der Waals surface area contributed by atoms with Gasteiger partial charge in [0.2, 0.25) is 0 Å². The van der Waals surface area contributed by atoms with Gasteiger partial charge >= 0.3 is 5.97 Å². The number of nitrogens with one attached hydrogen (secondary N) is 1. The molecule has 3 N–H and O–H groups in total. The van der Waals surface area contributed by atoms with Gasteiger partial charge in [0.05, 0.1) is 5.71 Å². The van der Waals surface area contributed by atoms with E-state index >= 15 is 0 Å². The van der Waals surface area contributed by atoms with Crippen LogP contribution >= 0.6 is 0 Å². The highest BCUT2D eigenvalue weighted by Crippen LogP contribution is 2.67. The number of aliphatic carboxylic acids is 1. The number of carbonyl (C=O) groups excluding carboxylic acids is 2. The van der Waals surface area contributed by atoms with Gasteiger partial charge in [-0.3, -0.25) is 14.4 Å². The summed E-state index contributed by atoms with van der Waals surface area (Å²) in [7, 11) is 0. The number of Topliss-reactive ketones (excluding diaryl/α,β-unsaturated/α-hetero) is 1. The van der Waals surface area contributed by atoms with Crippen molar-refractivity contribution >= 4 is 23.4 Å². The van der Waals surface area contributed by atoms with Gasteiger partial charge in [-0.2, -0.15) is 0 Å². The van der Waals surface area contributed by atoms with Gasteiger partial charge in [0.1, 0.15) is 5.60 Å². The molecule has 4 aliphatic carbocycles. The normalized spacial score (nSPS) is 38.4. The van der Waals surface area contributed by atoms with Crippen molar-refractivity contribution in [3.63, 3.8) is 0 Å². The summed E-state index contributed by atoms with van der Waals surface area (Å²) in [5.41, 5.74) is 0.914. The van der Waals surface area contributed by atoms with Crippen LogP contribution in [-0.4, -0.2) is 52.3 Å². The first kappa shape index (κ1) is 26.8. The van der Waals surface area contributed by atoms with Crippen molar-refractivity contribution in [2.45, 2.75) is 97.0 Å². The van der Waals surface area contributed by atoms with E-state index in [1.54, 1.807) is 6.92 Å². The largest absolute Gasteiger partial charge is 0.481 e.